The Labute approximate surface area is 146 Å². The molecule has 132 valence electrons. The minimum absolute atomic E-state index is 0.186. The first kappa shape index (κ1) is 17.3. The van der Waals surface area contributed by atoms with E-state index in [1.807, 2.05) is 53.1 Å². The molecule has 1 atom stereocenters. The lowest BCUT2D eigenvalue weighted by Crippen LogP contribution is -2.24. The van der Waals surface area contributed by atoms with E-state index in [0.717, 1.165) is 22.6 Å². The number of aliphatic hydroxyl groups excluding tert-OH is 1. The second kappa shape index (κ2) is 8.00. The molecule has 0 fully saturated rings. The van der Waals surface area contributed by atoms with E-state index in [2.05, 4.69) is 4.98 Å². The molecule has 3 rings (SSSR count). The number of hydrogen-bond acceptors (Lipinski definition) is 5. The summed E-state index contributed by atoms with van der Waals surface area (Å²) >= 11 is 0. The van der Waals surface area contributed by atoms with Crippen LogP contribution in [0.25, 0.3) is 11.0 Å². The third-order valence-electron chi connectivity index (χ3n) is 3.90. The Morgan fingerprint density at radius 2 is 1.76 bits per heavy atom. The van der Waals surface area contributed by atoms with Gasteiger partial charge in [0.25, 0.3) is 0 Å². The van der Waals surface area contributed by atoms with Gasteiger partial charge in [0, 0.05) is 7.11 Å². The van der Waals surface area contributed by atoms with Crippen molar-refractivity contribution >= 4 is 11.0 Å². The van der Waals surface area contributed by atoms with Gasteiger partial charge < -0.3 is 23.9 Å². The maximum Gasteiger partial charge on any atom is 0.136 e. The zero-order chi connectivity index (χ0) is 17.6. The molecule has 25 heavy (non-hydrogen) atoms. The first-order valence-corrected chi connectivity index (χ1v) is 8.09. The monoisotopic (exact) mass is 342 g/mol. The van der Waals surface area contributed by atoms with Crippen molar-refractivity contribution in [3.63, 3.8) is 0 Å². The van der Waals surface area contributed by atoms with E-state index in [1.165, 1.54) is 0 Å². The average molecular weight is 342 g/mol. The van der Waals surface area contributed by atoms with Crippen molar-refractivity contribution in [1.82, 2.24) is 9.55 Å². The van der Waals surface area contributed by atoms with Gasteiger partial charge in [0.1, 0.15) is 36.6 Å². The second-order valence-electron chi connectivity index (χ2n) is 5.70. The standard InChI is InChI=1S/C19H22N2O4/c1-23-13-19-20-17-5-3-4-6-18(17)21(19)11-14(22)12-25-16-9-7-15(24-2)8-10-16/h3-10,14,22H,11-13H2,1-2H3/t14-/m0/s1. The van der Waals surface area contributed by atoms with E-state index in [-0.39, 0.29) is 6.61 Å². The topological polar surface area (TPSA) is 65.7 Å². The quantitative estimate of drug-likeness (QED) is 0.682. The van der Waals surface area contributed by atoms with Crippen LogP contribution in [0, 0.1) is 0 Å². The molecular formula is C19H22N2O4. The molecule has 0 amide bonds. The van der Waals surface area contributed by atoms with Crippen LogP contribution in [0.15, 0.2) is 48.5 Å². The first-order chi connectivity index (χ1) is 12.2. The summed E-state index contributed by atoms with van der Waals surface area (Å²) in [6.07, 6.45) is -0.671. The number of hydrogen-bond donors (Lipinski definition) is 1. The van der Waals surface area contributed by atoms with Crippen LogP contribution < -0.4 is 9.47 Å². The molecule has 1 aromatic heterocycles. The zero-order valence-electron chi connectivity index (χ0n) is 14.4. The van der Waals surface area contributed by atoms with Crippen LogP contribution in [0.1, 0.15) is 5.82 Å². The Morgan fingerprint density at radius 1 is 1.04 bits per heavy atom. The Morgan fingerprint density at radius 3 is 2.48 bits per heavy atom. The second-order valence-corrected chi connectivity index (χ2v) is 5.70. The van der Waals surface area contributed by atoms with Crippen LogP contribution in [-0.4, -0.2) is 41.6 Å². The Hall–Kier alpha value is -2.57. The van der Waals surface area contributed by atoms with Crippen molar-refractivity contribution in [2.24, 2.45) is 0 Å². The van der Waals surface area contributed by atoms with Gasteiger partial charge >= 0.3 is 0 Å². The van der Waals surface area contributed by atoms with Gasteiger partial charge in [0.2, 0.25) is 0 Å². The summed E-state index contributed by atoms with van der Waals surface area (Å²) < 4.78 is 18.0. The molecule has 0 aliphatic carbocycles. The molecule has 0 spiro atoms. The molecule has 2 aromatic carbocycles. The lowest BCUT2D eigenvalue weighted by atomic mass is 10.3. The maximum absolute atomic E-state index is 10.4. The highest BCUT2D eigenvalue weighted by Crippen LogP contribution is 2.19. The summed E-state index contributed by atoms with van der Waals surface area (Å²) in [5, 5.41) is 10.4. The van der Waals surface area contributed by atoms with E-state index in [9.17, 15) is 5.11 Å². The minimum Gasteiger partial charge on any atom is -0.497 e. The number of nitrogens with zero attached hydrogens (tertiary/aromatic N) is 2. The zero-order valence-corrected chi connectivity index (χ0v) is 14.4. The van der Waals surface area contributed by atoms with Crippen molar-refractivity contribution in [2.75, 3.05) is 20.8 Å². The highest BCUT2D eigenvalue weighted by atomic mass is 16.5. The predicted molar refractivity (Wildman–Crippen MR) is 94.9 cm³/mol. The largest absolute Gasteiger partial charge is 0.497 e. The van der Waals surface area contributed by atoms with Crippen molar-refractivity contribution in [1.29, 1.82) is 0 Å². The summed E-state index contributed by atoms with van der Waals surface area (Å²) in [6, 6.07) is 15.1. The summed E-state index contributed by atoms with van der Waals surface area (Å²) in [5.41, 5.74) is 1.86. The third-order valence-corrected chi connectivity index (χ3v) is 3.90. The molecule has 1 heterocycles. The number of aliphatic hydroxyl groups is 1. The van der Waals surface area contributed by atoms with E-state index in [4.69, 9.17) is 14.2 Å². The summed E-state index contributed by atoms with van der Waals surface area (Å²) in [4.78, 5) is 4.56. The molecule has 3 aromatic rings. The Kier molecular flexibility index (Phi) is 5.53. The number of para-hydroxylation sites is 2. The van der Waals surface area contributed by atoms with Gasteiger partial charge in [-0.15, -0.1) is 0 Å². The van der Waals surface area contributed by atoms with Crippen molar-refractivity contribution in [2.45, 2.75) is 19.3 Å². The first-order valence-electron chi connectivity index (χ1n) is 8.09. The fourth-order valence-corrected chi connectivity index (χ4v) is 2.70. The van der Waals surface area contributed by atoms with Crippen molar-refractivity contribution < 1.29 is 19.3 Å². The highest BCUT2D eigenvalue weighted by molar-refractivity contribution is 5.75. The molecule has 1 N–H and O–H groups in total. The van der Waals surface area contributed by atoms with E-state index >= 15 is 0 Å². The van der Waals surface area contributed by atoms with Crippen molar-refractivity contribution in [3.05, 3.63) is 54.4 Å². The molecule has 0 saturated carbocycles. The Bertz CT molecular complexity index is 814. The molecule has 6 heteroatoms. The molecule has 0 aliphatic rings. The predicted octanol–water partition coefficient (Wildman–Crippen LogP) is 2.63. The number of ether oxygens (including phenoxy) is 3. The van der Waals surface area contributed by atoms with Gasteiger partial charge in [-0.1, -0.05) is 12.1 Å². The molecule has 0 saturated heterocycles. The molecule has 6 nitrogen and oxygen atoms in total. The normalized spacial score (nSPS) is 12.3. The van der Waals surface area contributed by atoms with E-state index < -0.39 is 6.10 Å². The number of methoxy groups -OCH3 is 2. The summed E-state index contributed by atoms with van der Waals surface area (Å²) in [7, 11) is 3.25. The molecule has 0 aliphatic heterocycles. The third kappa shape index (κ3) is 4.10. The molecule has 0 unspecified atom stereocenters. The number of fused-ring (bicyclic) bond motifs is 1. The highest BCUT2D eigenvalue weighted by Gasteiger charge is 2.14. The molecular weight excluding hydrogens is 320 g/mol. The van der Waals surface area contributed by atoms with Gasteiger partial charge in [-0.25, -0.2) is 4.98 Å². The summed E-state index contributed by atoms with van der Waals surface area (Å²) in [5.74, 6) is 2.24. The number of benzene rings is 2. The van der Waals surface area contributed by atoms with Gasteiger partial charge in [-0.05, 0) is 36.4 Å². The van der Waals surface area contributed by atoms with Crippen LogP contribution in [-0.2, 0) is 17.9 Å². The van der Waals surface area contributed by atoms with E-state index in [1.54, 1.807) is 14.2 Å². The van der Waals surface area contributed by atoms with Crippen LogP contribution >= 0.6 is 0 Å². The van der Waals surface area contributed by atoms with Gasteiger partial charge in [0.05, 0.1) is 24.7 Å². The Balaban J connectivity index is 1.68. The van der Waals surface area contributed by atoms with Crippen LogP contribution in [0.2, 0.25) is 0 Å². The van der Waals surface area contributed by atoms with Crippen LogP contribution in [0.5, 0.6) is 11.5 Å². The molecule has 0 bridgehead atoms. The number of imidazole rings is 1. The van der Waals surface area contributed by atoms with Gasteiger partial charge in [-0.2, -0.15) is 0 Å². The van der Waals surface area contributed by atoms with Gasteiger partial charge in [-0.3, -0.25) is 0 Å². The SMILES string of the molecule is COCc1nc2ccccc2n1C[C@H](O)COc1ccc(OC)cc1. The number of rotatable bonds is 8. The number of aromatic nitrogens is 2. The fourth-order valence-electron chi connectivity index (χ4n) is 2.70. The molecule has 0 radical (unpaired) electrons. The van der Waals surface area contributed by atoms with E-state index in [0.29, 0.717) is 18.9 Å². The smallest absolute Gasteiger partial charge is 0.136 e. The van der Waals surface area contributed by atoms with Crippen LogP contribution in [0.4, 0.5) is 0 Å². The lowest BCUT2D eigenvalue weighted by Gasteiger charge is -2.15. The van der Waals surface area contributed by atoms with Gasteiger partial charge in [0.15, 0.2) is 0 Å². The minimum atomic E-state index is -0.671. The lowest BCUT2D eigenvalue weighted by molar-refractivity contribution is 0.0901. The maximum atomic E-state index is 10.4. The van der Waals surface area contributed by atoms with Crippen molar-refractivity contribution in [3.8, 4) is 11.5 Å². The summed E-state index contributed by atoms with van der Waals surface area (Å²) in [6.45, 7) is 0.960. The van der Waals surface area contributed by atoms with Crippen LogP contribution in [0.3, 0.4) is 0 Å². The fraction of sp³-hybridized carbons (Fsp3) is 0.316. The average Bonchev–Trinajstić information content (AvgIpc) is 2.98.